The van der Waals surface area contributed by atoms with E-state index in [9.17, 15) is 19.8 Å². The zero-order chi connectivity index (χ0) is 20.2. The Balaban J connectivity index is 3.36. The largest absolute Gasteiger partial charge is 0.508 e. The number of ether oxygens (including phenoxy) is 1. The molecule has 1 aliphatic rings. The van der Waals surface area contributed by atoms with E-state index >= 15 is 0 Å². The number of carbonyl (C=O) groups is 2. The van der Waals surface area contributed by atoms with Crippen LogP contribution in [-0.4, -0.2) is 40.6 Å². The molecule has 0 heterocycles. The van der Waals surface area contributed by atoms with Crippen LogP contribution in [0, 0.1) is 23.7 Å². The summed E-state index contributed by atoms with van der Waals surface area (Å²) in [5, 5.41) is 22.3. The molecular formula is C21H36O5. The first-order valence-corrected chi connectivity index (χ1v) is 9.75. The molecule has 0 aromatic carbocycles. The third-order valence-corrected chi connectivity index (χ3v) is 5.30. The molecule has 5 heteroatoms. The molecule has 150 valence electrons. The summed E-state index contributed by atoms with van der Waals surface area (Å²) in [7, 11) is 1.47. The van der Waals surface area contributed by atoms with Crippen LogP contribution in [-0.2, 0) is 14.3 Å². The first-order chi connectivity index (χ1) is 12.0. The number of ketones is 2. The fraction of sp³-hybridized carbons (Fsp3) is 0.810. The predicted octanol–water partition coefficient (Wildman–Crippen LogP) is 3.84. The number of hydrogen-bond donors (Lipinski definition) is 2. The van der Waals surface area contributed by atoms with Crippen molar-refractivity contribution in [2.45, 2.75) is 78.9 Å². The lowest BCUT2D eigenvalue weighted by atomic mass is 9.78. The zero-order valence-electron chi connectivity index (χ0n) is 17.3. The molecule has 2 N–H and O–H groups in total. The first-order valence-electron chi connectivity index (χ1n) is 9.75. The SMILES string of the molecule is CO[C@@H](CCC(C)C)[C@@]1(O)C(O)=C(C(=O)C(C)C)C(=O)C1CCC(C)C. The molecule has 0 aliphatic heterocycles. The normalized spacial score (nSPS) is 25.0. The third kappa shape index (κ3) is 4.55. The van der Waals surface area contributed by atoms with Gasteiger partial charge in [0.25, 0.3) is 0 Å². The van der Waals surface area contributed by atoms with Crippen LogP contribution >= 0.6 is 0 Å². The smallest absolute Gasteiger partial charge is 0.176 e. The van der Waals surface area contributed by atoms with E-state index < -0.39 is 40.9 Å². The number of methoxy groups -OCH3 is 1. The third-order valence-electron chi connectivity index (χ3n) is 5.30. The number of aliphatic hydroxyl groups is 2. The fourth-order valence-corrected chi connectivity index (χ4v) is 3.61. The molecule has 0 fully saturated rings. The Morgan fingerprint density at radius 3 is 2.04 bits per heavy atom. The van der Waals surface area contributed by atoms with E-state index in [0.29, 0.717) is 24.7 Å². The van der Waals surface area contributed by atoms with Gasteiger partial charge in [-0.25, -0.2) is 0 Å². The highest BCUT2D eigenvalue weighted by atomic mass is 16.5. The average molecular weight is 369 g/mol. The van der Waals surface area contributed by atoms with Gasteiger partial charge in [0, 0.05) is 13.0 Å². The molecular weight excluding hydrogens is 332 g/mol. The number of rotatable bonds is 10. The van der Waals surface area contributed by atoms with Crippen LogP contribution in [0.4, 0.5) is 0 Å². The van der Waals surface area contributed by atoms with E-state index in [1.165, 1.54) is 7.11 Å². The highest BCUT2D eigenvalue weighted by molar-refractivity contribution is 6.24. The van der Waals surface area contributed by atoms with Gasteiger partial charge in [0.05, 0.1) is 12.0 Å². The summed E-state index contributed by atoms with van der Waals surface area (Å²) < 4.78 is 5.52. The number of aliphatic hydroxyl groups excluding tert-OH is 1. The molecule has 1 aliphatic carbocycles. The van der Waals surface area contributed by atoms with E-state index in [1.54, 1.807) is 13.8 Å². The second-order valence-corrected chi connectivity index (χ2v) is 8.65. The zero-order valence-corrected chi connectivity index (χ0v) is 17.3. The van der Waals surface area contributed by atoms with Gasteiger partial charge < -0.3 is 14.9 Å². The van der Waals surface area contributed by atoms with Crippen molar-refractivity contribution >= 4 is 11.6 Å². The van der Waals surface area contributed by atoms with Gasteiger partial charge in [-0.2, -0.15) is 0 Å². The number of hydrogen-bond acceptors (Lipinski definition) is 5. The van der Waals surface area contributed by atoms with Crippen LogP contribution in [0.15, 0.2) is 11.3 Å². The Hall–Kier alpha value is -1.20. The molecule has 0 bridgehead atoms. The Morgan fingerprint density at radius 2 is 1.62 bits per heavy atom. The Kier molecular flexibility index (Phi) is 8.03. The lowest BCUT2D eigenvalue weighted by molar-refractivity contribution is -0.142. The molecule has 0 spiro atoms. The quantitative estimate of drug-likeness (QED) is 0.572. The first kappa shape index (κ1) is 22.8. The Morgan fingerprint density at radius 1 is 1.08 bits per heavy atom. The minimum atomic E-state index is -1.84. The fourth-order valence-electron chi connectivity index (χ4n) is 3.61. The highest BCUT2D eigenvalue weighted by Crippen LogP contribution is 2.45. The van der Waals surface area contributed by atoms with E-state index in [-0.39, 0.29) is 5.57 Å². The summed E-state index contributed by atoms with van der Waals surface area (Å²) in [5.41, 5.74) is -2.07. The van der Waals surface area contributed by atoms with Gasteiger partial charge >= 0.3 is 0 Å². The van der Waals surface area contributed by atoms with E-state index in [1.807, 2.05) is 13.8 Å². The summed E-state index contributed by atoms with van der Waals surface area (Å²) >= 11 is 0. The molecule has 1 unspecified atom stereocenters. The maximum absolute atomic E-state index is 13.0. The van der Waals surface area contributed by atoms with Crippen LogP contribution in [0.25, 0.3) is 0 Å². The molecule has 0 aromatic heterocycles. The molecule has 1 rings (SSSR count). The predicted molar refractivity (Wildman–Crippen MR) is 102 cm³/mol. The van der Waals surface area contributed by atoms with Crippen molar-refractivity contribution in [3.63, 3.8) is 0 Å². The van der Waals surface area contributed by atoms with Gasteiger partial charge in [-0.15, -0.1) is 0 Å². The molecule has 0 radical (unpaired) electrons. The minimum Gasteiger partial charge on any atom is -0.508 e. The summed E-state index contributed by atoms with van der Waals surface area (Å²) in [6.07, 6.45) is 1.68. The van der Waals surface area contributed by atoms with Crippen LogP contribution in [0.1, 0.15) is 67.2 Å². The average Bonchev–Trinajstić information content (AvgIpc) is 2.72. The van der Waals surface area contributed by atoms with Crippen molar-refractivity contribution in [2.75, 3.05) is 7.11 Å². The van der Waals surface area contributed by atoms with E-state index in [4.69, 9.17) is 4.74 Å². The molecule has 0 saturated carbocycles. The Bertz CT molecular complexity index is 547. The van der Waals surface area contributed by atoms with Gasteiger partial charge in [0.2, 0.25) is 0 Å². The summed E-state index contributed by atoms with van der Waals surface area (Å²) in [6, 6.07) is 0. The second-order valence-electron chi connectivity index (χ2n) is 8.65. The van der Waals surface area contributed by atoms with Gasteiger partial charge in [-0.05, 0) is 31.1 Å². The maximum Gasteiger partial charge on any atom is 0.176 e. The number of Topliss-reactive ketones (excluding diaryl/α,β-unsaturated/α-hetero) is 2. The molecule has 26 heavy (non-hydrogen) atoms. The molecule has 3 atom stereocenters. The van der Waals surface area contributed by atoms with E-state index in [2.05, 4.69) is 13.8 Å². The monoisotopic (exact) mass is 368 g/mol. The molecule has 0 amide bonds. The highest BCUT2D eigenvalue weighted by Gasteiger charge is 2.59. The van der Waals surface area contributed by atoms with Crippen molar-refractivity contribution in [1.82, 2.24) is 0 Å². The summed E-state index contributed by atoms with van der Waals surface area (Å²) in [4.78, 5) is 25.5. The van der Waals surface area contributed by atoms with Crippen LogP contribution in [0.5, 0.6) is 0 Å². The van der Waals surface area contributed by atoms with Gasteiger partial charge in [-0.1, -0.05) is 48.0 Å². The molecule has 5 nitrogen and oxygen atoms in total. The molecule has 0 aromatic rings. The number of allylic oxidation sites excluding steroid dienone is 1. The van der Waals surface area contributed by atoms with Gasteiger partial charge in [0.15, 0.2) is 17.2 Å². The summed E-state index contributed by atoms with van der Waals surface area (Å²) in [5.74, 6) is -1.90. The lowest BCUT2D eigenvalue weighted by Gasteiger charge is -2.37. The van der Waals surface area contributed by atoms with Crippen LogP contribution < -0.4 is 0 Å². The lowest BCUT2D eigenvalue weighted by Crippen LogP contribution is -2.50. The van der Waals surface area contributed by atoms with Crippen molar-refractivity contribution in [1.29, 1.82) is 0 Å². The standard InChI is InChI=1S/C21H36O5/c1-12(2)8-10-15-19(23)17(18(22)14(5)6)20(24)21(15,25)16(26-7)11-9-13(3)4/h12-16,24-25H,8-11H2,1-7H3/t15?,16-,21+/m0/s1. The van der Waals surface area contributed by atoms with Crippen molar-refractivity contribution in [2.24, 2.45) is 23.7 Å². The number of carbonyl (C=O) groups excluding carboxylic acids is 2. The molecule has 0 saturated heterocycles. The van der Waals surface area contributed by atoms with Crippen LogP contribution in [0.2, 0.25) is 0 Å². The summed E-state index contributed by atoms with van der Waals surface area (Å²) in [6.45, 7) is 11.6. The minimum absolute atomic E-state index is 0.233. The van der Waals surface area contributed by atoms with Gasteiger partial charge in [0.1, 0.15) is 11.3 Å². The van der Waals surface area contributed by atoms with Crippen molar-refractivity contribution < 1.29 is 24.5 Å². The topological polar surface area (TPSA) is 83.8 Å². The Labute approximate surface area is 157 Å². The van der Waals surface area contributed by atoms with Crippen LogP contribution in [0.3, 0.4) is 0 Å². The van der Waals surface area contributed by atoms with E-state index in [0.717, 1.165) is 12.8 Å². The van der Waals surface area contributed by atoms with Crippen molar-refractivity contribution in [3.05, 3.63) is 11.3 Å². The van der Waals surface area contributed by atoms with Crippen molar-refractivity contribution in [3.8, 4) is 0 Å². The van der Waals surface area contributed by atoms with Gasteiger partial charge in [-0.3, -0.25) is 9.59 Å². The second kappa shape index (κ2) is 9.14. The maximum atomic E-state index is 13.0.